The maximum Gasteiger partial charge on any atom is 0.272 e. The van der Waals surface area contributed by atoms with Gasteiger partial charge in [0.1, 0.15) is 11.4 Å². The molecular weight excluding hydrogens is 338 g/mol. The van der Waals surface area contributed by atoms with Crippen LogP contribution >= 0.6 is 0 Å². The summed E-state index contributed by atoms with van der Waals surface area (Å²) in [5.74, 6) is 0.302. The number of para-hydroxylation sites is 1. The number of rotatable bonds is 4. The summed E-state index contributed by atoms with van der Waals surface area (Å²) >= 11 is 0. The van der Waals surface area contributed by atoms with Crippen LogP contribution in [0.1, 0.15) is 17.1 Å². The summed E-state index contributed by atoms with van der Waals surface area (Å²) in [6, 6.07) is 9.89. The standard InChI is InChI=1S/C17H13N5O4/c23-10-5-6-12(18-9-10)16-19-14(26-21-16)7-8-15(24)22-13-4-2-1-3-11(13)17(25)20-22/h1-6,9,23H,7-8H2,(H,20,25). The summed E-state index contributed by atoms with van der Waals surface area (Å²) in [6.07, 6.45) is 1.58. The smallest absolute Gasteiger partial charge is 0.272 e. The van der Waals surface area contributed by atoms with Gasteiger partial charge in [0.15, 0.2) is 0 Å². The summed E-state index contributed by atoms with van der Waals surface area (Å²) in [4.78, 5) is 32.5. The first kappa shape index (κ1) is 15.8. The van der Waals surface area contributed by atoms with E-state index in [1.54, 1.807) is 30.3 Å². The molecule has 9 heteroatoms. The minimum absolute atomic E-state index is 0.0380. The molecule has 0 spiro atoms. The van der Waals surface area contributed by atoms with Gasteiger partial charge < -0.3 is 9.63 Å². The molecule has 3 heterocycles. The Morgan fingerprint density at radius 2 is 2.08 bits per heavy atom. The zero-order chi connectivity index (χ0) is 18.1. The van der Waals surface area contributed by atoms with Crippen molar-refractivity contribution in [2.45, 2.75) is 12.8 Å². The number of H-pyrrole nitrogens is 1. The summed E-state index contributed by atoms with van der Waals surface area (Å²) in [6.45, 7) is 0. The lowest BCUT2D eigenvalue weighted by molar-refractivity contribution is 0.0889. The zero-order valence-corrected chi connectivity index (χ0v) is 13.4. The molecule has 4 aromatic rings. The van der Waals surface area contributed by atoms with Gasteiger partial charge in [-0.05, 0) is 24.3 Å². The lowest BCUT2D eigenvalue weighted by Crippen LogP contribution is -2.15. The van der Waals surface area contributed by atoms with Crippen molar-refractivity contribution in [3.8, 4) is 17.3 Å². The Labute approximate surface area is 145 Å². The number of aryl methyl sites for hydroxylation is 1. The molecule has 2 N–H and O–H groups in total. The van der Waals surface area contributed by atoms with Crippen molar-refractivity contribution in [3.63, 3.8) is 0 Å². The maximum absolute atomic E-state index is 12.4. The fourth-order valence-electron chi connectivity index (χ4n) is 2.58. The largest absolute Gasteiger partial charge is 0.506 e. The van der Waals surface area contributed by atoms with Crippen LogP contribution < -0.4 is 5.56 Å². The Morgan fingerprint density at radius 1 is 1.23 bits per heavy atom. The van der Waals surface area contributed by atoms with E-state index in [9.17, 15) is 14.7 Å². The van der Waals surface area contributed by atoms with Crippen LogP contribution in [-0.2, 0) is 6.42 Å². The van der Waals surface area contributed by atoms with Crippen LogP contribution in [0.15, 0.2) is 51.9 Å². The molecule has 3 aromatic heterocycles. The molecule has 0 amide bonds. The SMILES string of the molecule is O=C(CCc1nc(-c2ccc(O)cn2)no1)n1[nH]c(=O)c2ccccc21. The van der Waals surface area contributed by atoms with Crippen LogP contribution in [0.5, 0.6) is 5.75 Å². The Hall–Kier alpha value is -3.75. The molecule has 130 valence electrons. The third-order valence-electron chi connectivity index (χ3n) is 3.85. The number of aromatic amines is 1. The number of nitrogens with zero attached hydrogens (tertiary/aromatic N) is 4. The van der Waals surface area contributed by atoms with E-state index in [0.29, 0.717) is 16.6 Å². The van der Waals surface area contributed by atoms with E-state index in [2.05, 4.69) is 20.2 Å². The van der Waals surface area contributed by atoms with Gasteiger partial charge >= 0.3 is 0 Å². The van der Waals surface area contributed by atoms with Crippen molar-refractivity contribution < 1.29 is 14.4 Å². The summed E-state index contributed by atoms with van der Waals surface area (Å²) < 4.78 is 6.36. The molecule has 0 aliphatic rings. The number of aromatic hydroxyl groups is 1. The highest BCUT2D eigenvalue weighted by atomic mass is 16.5. The quantitative estimate of drug-likeness (QED) is 0.573. The molecular formula is C17H13N5O4. The molecule has 0 aliphatic heterocycles. The summed E-state index contributed by atoms with van der Waals surface area (Å²) in [5, 5.41) is 16.1. The van der Waals surface area contributed by atoms with E-state index in [1.807, 2.05) is 0 Å². The van der Waals surface area contributed by atoms with E-state index in [1.165, 1.54) is 16.9 Å². The molecule has 0 bridgehead atoms. The monoisotopic (exact) mass is 351 g/mol. The third kappa shape index (κ3) is 2.86. The van der Waals surface area contributed by atoms with Gasteiger partial charge in [0.2, 0.25) is 17.6 Å². The average molecular weight is 351 g/mol. The zero-order valence-electron chi connectivity index (χ0n) is 13.4. The van der Waals surface area contributed by atoms with Gasteiger partial charge in [-0.15, -0.1) is 0 Å². The Kier molecular flexibility index (Phi) is 3.81. The topological polar surface area (TPSA) is 127 Å². The van der Waals surface area contributed by atoms with Crippen LogP contribution in [0.3, 0.4) is 0 Å². The van der Waals surface area contributed by atoms with E-state index in [4.69, 9.17) is 4.52 Å². The number of hydrogen-bond donors (Lipinski definition) is 2. The number of pyridine rings is 1. The highest BCUT2D eigenvalue weighted by molar-refractivity contribution is 5.90. The predicted octanol–water partition coefficient (Wildman–Crippen LogP) is 1.75. The Balaban J connectivity index is 1.49. The highest BCUT2D eigenvalue weighted by Gasteiger charge is 2.15. The average Bonchev–Trinajstić information content (AvgIpc) is 3.26. The second kappa shape index (κ2) is 6.28. The first-order valence-electron chi connectivity index (χ1n) is 7.83. The maximum atomic E-state index is 12.4. The third-order valence-corrected chi connectivity index (χ3v) is 3.85. The molecule has 0 aliphatic carbocycles. The van der Waals surface area contributed by atoms with Crippen LogP contribution in [0.2, 0.25) is 0 Å². The van der Waals surface area contributed by atoms with Crippen molar-refractivity contribution in [1.29, 1.82) is 0 Å². The number of nitrogens with one attached hydrogen (secondary N) is 1. The molecule has 9 nitrogen and oxygen atoms in total. The van der Waals surface area contributed by atoms with Crippen LogP contribution in [0.4, 0.5) is 0 Å². The van der Waals surface area contributed by atoms with Crippen LogP contribution in [0.25, 0.3) is 22.4 Å². The summed E-state index contributed by atoms with van der Waals surface area (Å²) in [5.41, 5.74) is 0.666. The van der Waals surface area contributed by atoms with Crippen molar-refractivity contribution >= 4 is 16.8 Å². The Morgan fingerprint density at radius 3 is 2.88 bits per heavy atom. The van der Waals surface area contributed by atoms with E-state index in [-0.39, 0.29) is 41.8 Å². The fraction of sp³-hybridized carbons (Fsp3) is 0.118. The number of carbonyl (C=O) groups excluding carboxylic acids is 1. The number of benzene rings is 1. The van der Waals surface area contributed by atoms with Crippen molar-refractivity contribution in [2.24, 2.45) is 0 Å². The van der Waals surface area contributed by atoms with E-state index < -0.39 is 0 Å². The van der Waals surface area contributed by atoms with Gasteiger partial charge in [-0.25, -0.2) is 9.67 Å². The molecule has 0 radical (unpaired) electrons. The van der Waals surface area contributed by atoms with Gasteiger partial charge in [0, 0.05) is 12.8 Å². The van der Waals surface area contributed by atoms with Gasteiger partial charge in [0.05, 0.1) is 17.1 Å². The minimum atomic E-state index is -0.313. The molecule has 26 heavy (non-hydrogen) atoms. The number of aromatic nitrogens is 5. The molecule has 0 saturated carbocycles. The highest BCUT2D eigenvalue weighted by Crippen LogP contribution is 2.16. The predicted molar refractivity (Wildman–Crippen MR) is 90.7 cm³/mol. The lowest BCUT2D eigenvalue weighted by Gasteiger charge is -2.01. The van der Waals surface area contributed by atoms with Gasteiger partial charge in [0.25, 0.3) is 5.56 Å². The van der Waals surface area contributed by atoms with E-state index in [0.717, 1.165) is 0 Å². The number of carbonyl (C=O) groups is 1. The first-order chi connectivity index (χ1) is 12.6. The van der Waals surface area contributed by atoms with Crippen molar-refractivity contribution in [2.75, 3.05) is 0 Å². The molecule has 1 aromatic carbocycles. The first-order valence-corrected chi connectivity index (χ1v) is 7.83. The van der Waals surface area contributed by atoms with Gasteiger partial charge in [-0.3, -0.25) is 14.7 Å². The lowest BCUT2D eigenvalue weighted by atomic mass is 10.2. The normalized spacial score (nSPS) is 11.1. The van der Waals surface area contributed by atoms with Gasteiger partial charge in [-0.2, -0.15) is 4.98 Å². The molecule has 0 saturated heterocycles. The van der Waals surface area contributed by atoms with Crippen molar-refractivity contribution in [1.82, 2.24) is 24.9 Å². The van der Waals surface area contributed by atoms with E-state index >= 15 is 0 Å². The summed E-state index contributed by atoms with van der Waals surface area (Å²) in [7, 11) is 0. The second-order valence-corrected chi connectivity index (χ2v) is 5.60. The number of fused-ring (bicyclic) bond motifs is 1. The molecule has 0 unspecified atom stereocenters. The van der Waals surface area contributed by atoms with Crippen LogP contribution in [-0.4, -0.2) is 35.9 Å². The molecule has 4 rings (SSSR count). The van der Waals surface area contributed by atoms with Crippen molar-refractivity contribution in [3.05, 3.63) is 58.8 Å². The Bertz CT molecular complexity index is 1140. The molecule has 0 fully saturated rings. The van der Waals surface area contributed by atoms with Crippen LogP contribution in [0, 0.1) is 0 Å². The van der Waals surface area contributed by atoms with Gasteiger partial charge in [-0.1, -0.05) is 17.3 Å². The second-order valence-electron chi connectivity index (χ2n) is 5.60. The number of hydrogen-bond acceptors (Lipinski definition) is 7. The minimum Gasteiger partial charge on any atom is -0.506 e. The fourth-order valence-corrected chi connectivity index (χ4v) is 2.58. The molecule has 0 atom stereocenters.